The van der Waals surface area contributed by atoms with Crippen molar-refractivity contribution >= 4 is 5.91 Å². The normalized spacial score (nSPS) is 20.6. The number of nitrogens with one attached hydrogen (secondary N) is 1. The van der Waals surface area contributed by atoms with E-state index < -0.39 is 0 Å². The zero-order valence-electron chi connectivity index (χ0n) is 17.0. The van der Waals surface area contributed by atoms with E-state index in [1.54, 1.807) is 18.2 Å². The van der Waals surface area contributed by atoms with Crippen LogP contribution in [0.15, 0.2) is 36.4 Å². The van der Waals surface area contributed by atoms with Crippen LogP contribution in [0.5, 0.6) is 5.75 Å². The maximum Gasteiger partial charge on any atom is 0.251 e. The Hall–Kier alpha value is -3.35. The minimum absolute atomic E-state index is 0.0116. The lowest BCUT2D eigenvalue weighted by Crippen LogP contribution is -2.39. The SMILES string of the molecule is CN1Cc2ccc(C(=O)NC3CCC(Oc4ccc(C#N)c(C#N)c4)CC3)cc2C1. The van der Waals surface area contributed by atoms with Crippen LogP contribution >= 0.6 is 0 Å². The van der Waals surface area contributed by atoms with Crippen molar-refractivity contribution < 1.29 is 9.53 Å². The van der Waals surface area contributed by atoms with Crippen molar-refractivity contribution in [3.05, 3.63) is 64.2 Å². The number of fused-ring (bicyclic) bond motifs is 1. The van der Waals surface area contributed by atoms with Crippen LogP contribution in [0.25, 0.3) is 0 Å². The summed E-state index contributed by atoms with van der Waals surface area (Å²) < 4.78 is 6.02. The first-order chi connectivity index (χ1) is 14.6. The Morgan fingerprint density at radius 3 is 2.47 bits per heavy atom. The van der Waals surface area contributed by atoms with Crippen molar-refractivity contribution in [2.75, 3.05) is 7.05 Å². The van der Waals surface area contributed by atoms with Crippen molar-refractivity contribution in [2.45, 2.75) is 50.9 Å². The molecule has 0 aromatic heterocycles. The Balaban J connectivity index is 1.30. The van der Waals surface area contributed by atoms with E-state index in [2.05, 4.69) is 23.3 Å². The number of benzene rings is 2. The van der Waals surface area contributed by atoms with E-state index in [4.69, 9.17) is 15.3 Å². The molecule has 6 heteroatoms. The average Bonchev–Trinajstić information content (AvgIpc) is 3.14. The van der Waals surface area contributed by atoms with Crippen molar-refractivity contribution in [1.82, 2.24) is 10.2 Å². The molecule has 1 aliphatic heterocycles. The van der Waals surface area contributed by atoms with Crippen LogP contribution in [0.4, 0.5) is 0 Å². The number of ether oxygens (including phenoxy) is 1. The smallest absolute Gasteiger partial charge is 0.251 e. The summed E-state index contributed by atoms with van der Waals surface area (Å²) in [4.78, 5) is 14.9. The van der Waals surface area contributed by atoms with Gasteiger partial charge in [0.25, 0.3) is 5.91 Å². The van der Waals surface area contributed by atoms with Gasteiger partial charge in [-0.3, -0.25) is 9.69 Å². The number of hydrogen-bond acceptors (Lipinski definition) is 5. The molecule has 2 aromatic rings. The van der Waals surface area contributed by atoms with E-state index in [0.29, 0.717) is 16.9 Å². The molecule has 1 N–H and O–H groups in total. The van der Waals surface area contributed by atoms with Crippen molar-refractivity contribution in [3.8, 4) is 17.9 Å². The molecule has 1 fully saturated rings. The molecule has 0 bridgehead atoms. The van der Waals surface area contributed by atoms with Crippen molar-refractivity contribution in [3.63, 3.8) is 0 Å². The van der Waals surface area contributed by atoms with Crippen LogP contribution in [0.3, 0.4) is 0 Å². The number of amides is 1. The standard InChI is InChI=1S/C24H24N4O2/c1-28-14-18-3-2-16(10-20(18)15-28)24(29)27-21-5-8-22(9-6-21)30-23-7-4-17(12-25)19(11-23)13-26/h2-4,7,10-11,21-22H,5-6,8-9,14-15H2,1H3,(H,27,29). The van der Waals surface area contributed by atoms with Gasteiger partial charge in [-0.15, -0.1) is 0 Å². The Labute approximate surface area is 176 Å². The van der Waals surface area contributed by atoms with Crippen LogP contribution in [0, 0.1) is 22.7 Å². The lowest BCUT2D eigenvalue weighted by molar-refractivity contribution is 0.0894. The number of nitriles is 2. The number of rotatable bonds is 4. The summed E-state index contributed by atoms with van der Waals surface area (Å²) in [5, 5.41) is 21.4. The molecule has 0 saturated heterocycles. The van der Waals surface area contributed by atoms with Crippen LogP contribution in [-0.4, -0.2) is 30.0 Å². The Bertz CT molecular complexity index is 1040. The first kappa shape index (κ1) is 19.9. The summed E-state index contributed by atoms with van der Waals surface area (Å²) in [6.45, 7) is 1.83. The Kier molecular flexibility index (Phi) is 5.70. The van der Waals surface area contributed by atoms with Crippen LogP contribution < -0.4 is 10.1 Å². The van der Waals surface area contributed by atoms with Gasteiger partial charge in [-0.25, -0.2) is 0 Å². The molecule has 4 rings (SSSR count). The molecule has 2 aliphatic rings. The summed E-state index contributed by atoms with van der Waals surface area (Å²) in [5.74, 6) is 0.601. The third kappa shape index (κ3) is 4.30. The van der Waals surface area contributed by atoms with Crippen molar-refractivity contribution in [1.29, 1.82) is 10.5 Å². The second-order valence-electron chi connectivity index (χ2n) is 8.15. The van der Waals surface area contributed by atoms with Crippen molar-refractivity contribution in [2.24, 2.45) is 0 Å². The monoisotopic (exact) mass is 400 g/mol. The lowest BCUT2D eigenvalue weighted by atomic mass is 9.92. The number of carbonyl (C=O) groups is 1. The van der Waals surface area contributed by atoms with E-state index >= 15 is 0 Å². The van der Waals surface area contributed by atoms with E-state index in [1.807, 2.05) is 24.3 Å². The van der Waals surface area contributed by atoms with Gasteiger partial charge < -0.3 is 10.1 Å². The fourth-order valence-electron chi connectivity index (χ4n) is 4.28. The Morgan fingerprint density at radius 2 is 1.73 bits per heavy atom. The van der Waals surface area contributed by atoms with E-state index in [9.17, 15) is 4.79 Å². The predicted octanol–water partition coefficient (Wildman–Crippen LogP) is 3.50. The third-order valence-electron chi connectivity index (χ3n) is 5.89. The highest BCUT2D eigenvalue weighted by molar-refractivity contribution is 5.94. The predicted molar refractivity (Wildman–Crippen MR) is 112 cm³/mol. The van der Waals surface area contributed by atoms with Gasteiger partial charge in [0.15, 0.2) is 0 Å². The van der Waals surface area contributed by atoms with Gasteiger partial charge >= 0.3 is 0 Å². The summed E-state index contributed by atoms with van der Waals surface area (Å²) >= 11 is 0. The zero-order chi connectivity index (χ0) is 21.1. The molecule has 0 unspecified atom stereocenters. The molecule has 0 spiro atoms. The van der Waals surface area contributed by atoms with Crippen LogP contribution in [0.2, 0.25) is 0 Å². The first-order valence-corrected chi connectivity index (χ1v) is 10.3. The topological polar surface area (TPSA) is 89.2 Å². The molecule has 0 atom stereocenters. The second-order valence-corrected chi connectivity index (χ2v) is 8.15. The van der Waals surface area contributed by atoms with Gasteiger partial charge in [-0.1, -0.05) is 6.07 Å². The zero-order valence-corrected chi connectivity index (χ0v) is 17.0. The van der Waals surface area contributed by atoms with E-state index in [1.165, 1.54) is 11.1 Å². The van der Waals surface area contributed by atoms with Gasteiger partial charge in [0.05, 0.1) is 17.2 Å². The molecule has 6 nitrogen and oxygen atoms in total. The summed E-state index contributed by atoms with van der Waals surface area (Å²) in [7, 11) is 2.08. The molecule has 1 aliphatic carbocycles. The molecule has 1 heterocycles. The minimum Gasteiger partial charge on any atom is -0.490 e. The molecular weight excluding hydrogens is 376 g/mol. The number of carbonyl (C=O) groups excluding carboxylic acids is 1. The maximum absolute atomic E-state index is 12.7. The fourth-order valence-corrected chi connectivity index (χ4v) is 4.28. The summed E-state index contributed by atoms with van der Waals surface area (Å²) in [6.07, 6.45) is 3.42. The molecule has 0 radical (unpaired) electrons. The maximum atomic E-state index is 12.7. The van der Waals surface area contributed by atoms with Gasteiger partial charge in [0.2, 0.25) is 0 Å². The molecular formula is C24H24N4O2. The van der Waals surface area contributed by atoms with Gasteiger partial charge in [-0.05, 0) is 74.2 Å². The van der Waals surface area contributed by atoms with Crippen LogP contribution in [-0.2, 0) is 13.1 Å². The lowest BCUT2D eigenvalue weighted by Gasteiger charge is -2.29. The summed E-state index contributed by atoms with van der Waals surface area (Å²) in [6, 6.07) is 15.2. The van der Waals surface area contributed by atoms with E-state index in [-0.39, 0.29) is 18.1 Å². The second kappa shape index (κ2) is 8.57. The third-order valence-corrected chi connectivity index (χ3v) is 5.89. The fraction of sp³-hybridized carbons (Fsp3) is 0.375. The number of nitrogens with zero attached hydrogens (tertiary/aromatic N) is 3. The molecule has 152 valence electrons. The minimum atomic E-state index is -0.0116. The summed E-state index contributed by atoms with van der Waals surface area (Å²) in [5.41, 5.74) is 3.95. The molecule has 30 heavy (non-hydrogen) atoms. The average molecular weight is 400 g/mol. The Morgan fingerprint density at radius 1 is 1.00 bits per heavy atom. The van der Waals surface area contributed by atoms with Gasteiger partial charge in [-0.2, -0.15) is 10.5 Å². The van der Waals surface area contributed by atoms with Crippen LogP contribution in [0.1, 0.15) is 58.3 Å². The van der Waals surface area contributed by atoms with E-state index in [0.717, 1.165) is 44.3 Å². The molecule has 1 amide bonds. The number of hydrogen-bond donors (Lipinski definition) is 1. The molecule has 2 aromatic carbocycles. The van der Waals surface area contributed by atoms with Gasteiger partial charge in [0, 0.05) is 24.7 Å². The molecule has 1 saturated carbocycles. The highest BCUT2D eigenvalue weighted by Crippen LogP contribution is 2.26. The highest BCUT2D eigenvalue weighted by Gasteiger charge is 2.25. The first-order valence-electron chi connectivity index (χ1n) is 10.3. The largest absolute Gasteiger partial charge is 0.490 e. The highest BCUT2D eigenvalue weighted by atomic mass is 16.5. The quantitative estimate of drug-likeness (QED) is 0.848. The van der Waals surface area contributed by atoms with Gasteiger partial charge in [0.1, 0.15) is 17.9 Å².